The number of esters is 1. The fraction of sp³-hybridized carbons (Fsp3) is 0.545. The number of anilines is 1. The SMILES string of the molecule is COC1C=COC2(C)Oc3c(C)c(O)c4c(O)c(c(/C=N/N5CCCCCC5)c(O)c4c3C2=O)NC(=O)C(C)=CC=CC(C)C(O)C(C)C(O)C(C)C(OC(C)=O)C1C. The summed E-state index contributed by atoms with van der Waals surface area (Å²) in [7, 11) is 1.44. The number of aliphatic hydroxyl groups is 2. The molecule has 0 spiro atoms. The van der Waals surface area contributed by atoms with Crippen molar-refractivity contribution in [3.63, 3.8) is 0 Å². The van der Waals surface area contributed by atoms with E-state index in [0.29, 0.717) is 13.1 Å². The second-order valence-electron chi connectivity index (χ2n) is 16.2. The summed E-state index contributed by atoms with van der Waals surface area (Å²) in [6.07, 6.45) is 8.81. The van der Waals surface area contributed by atoms with E-state index in [1.807, 2.05) is 5.01 Å². The van der Waals surface area contributed by atoms with Crippen molar-refractivity contribution in [2.45, 2.75) is 111 Å². The Bertz CT molecular complexity index is 2050. The van der Waals surface area contributed by atoms with Crippen molar-refractivity contribution in [1.29, 1.82) is 0 Å². The summed E-state index contributed by atoms with van der Waals surface area (Å²) in [6.45, 7) is 13.9. The van der Waals surface area contributed by atoms with Gasteiger partial charge in [-0.1, -0.05) is 58.8 Å². The molecule has 5 bridgehead atoms. The summed E-state index contributed by atoms with van der Waals surface area (Å²) in [4.78, 5) is 40.5. The zero-order valence-corrected chi connectivity index (χ0v) is 35.3. The van der Waals surface area contributed by atoms with Crippen LogP contribution in [0.25, 0.3) is 10.8 Å². The van der Waals surface area contributed by atoms with Crippen LogP contribution < -0.4 is 10.1 Å². The van der Waals surface area contributed by atoms with Crippen LogP contribution in [-0.4, -0.2) is 105 Å². The summed E-state index contributed by atoms with van der Waals surface area (Å²) < 4.78 is 23.6. The molecule has 9 unspecified atom stereocenters. The molecule has 4 aliphatic heterocycles. The number of ketones is 1. The number of phenols is 3. The summed E-state index contributed by atoms with van der Waals surface area (Å²) in [5.41, 5.74) is -0.293. The average Bonchev–Trinajstić information content (AvgIpc) is 3.33. The standard InChI is InChI=1S/C44H59N3O12/c1-22-15-14-16-23(2)43(55)46-34-29(21-45-47-18-12-10-11-13-19-47)38(52)31-32(39(34)53)37(51)27(6)41-33(31)42(54)44(8,59-41)57-20-17-30(56-9)24(3)40(58-28(7)48)26(5)36(50)25(4)35(22)49/h14-17,20-22,24-26,30,35-36,40,49-53H,10-13,18-19H2,1-9H3,(H,46,55)/b15-14?,20-17?,23-16?,45-21+. The topological polar surface area (TPSA) is 217 Å². The van der Waals surface area contributed by atoms with Crippen molar-refractivity contribution in [1.82, 2.24) is 5.01 Å². The van der Waals surface area contributed by atoms with Crippen molar-refractivity contribution in [2.24, 2.45) is 28.8 Å². The molecule has 1 amide bonds. The van der Waals surface area contributed by atoms with E-state index in [4.69, 9.17) is 18.9 Å². The molecule has 15 nitrogen and oxygen atoms in total. The van der Waals surface area contributed by atoms with E-state index in [1.165, 1.54) is 59.4 Å². The number of fused-ring (bicyclic) bond motifs is 14. The number of benzene rings is 2. The number of rotatable bonds is 4. The predicted octanol–water partition coefficient (Wildman–Crippen LogP) is 5.96. The Labute approximate surface area is 345 Å². The summed E-state index contributed by atoms with van der Waals surface area (Å²) in [5, 5.41) is 67.1. The van der Waals surface area contributed by atoms with E-state index in [9.17, 15) is 39.9 Å². The van der Waals surface area contributed by atoms with Crippen LogP contribution in [0.2, 0.25) is 0 Å². The third kappa shape index (κ3) is 9.07. The van der Waals surface area contributed by atoms with Gasteiger partial charge in [0, 0.05) is 74.2 Å². The molecule has 1 fully saturated rings. The molecular weight excluding hydrogens is 762 g/mol. The van der Waals surface area contributed by atoms with Crippen LogP contribution in [0, 0.1) is 30.6 Å². The second-order valence-corrected chi connectivity index (χ2v) is 16.2. The molecule has 4 aliphatic rings. The summed E-state index contributed by atoms with van der Waals surface area (Å²) >= 11 is 0. The molecule has 1 saturated heterocycles. The number of hydrogen-bond donors (Lipinski definition) is 6. The number of amides is 1. The normalized spacial score (nSPS) is 29.9. The average molecular weight is 822 g/mol. The number of phenolic OH excluding ortho intramolecular Hbond substituents is 3. The van der Waals surface area contributed by atoms with Crippen molar-refractivity contribution < 1.29 is 58.9 Å². The first-order valence-electron chi connectivity index (χ1n) is 20.2. The van der Waals surface area contributed by atoms with Crippen molar-refractivity contribution in [3.05, 3.63) is 52.8 Å². The van der Waals surface area contributed by atoms with Crippen LogP contribution in [0.5, 0.6) is 23.0 Å². The van der Waals surface area contributed by atoms with Crippen LogP contribution in [0.1, 0.15) is 95.6 Å². The maximum atomic E-state index is 14.4. The largest absolute Gasteiger partial charge is 0.507 e. The van der Waals surface area contributed by atoms with Gasteiger partial charge >= 0.3 is 11.8 Å². The highest BCUT2D eigenvalue weighted by molar-refractivity contribution is 6.23. The molecule has 15 heteroatoms. The van der Waals surface area contributed by atoms with Gasteiger partial charge in [0.25, 0.3) is 11.7 Å². The fourth-order valence-electron chi connectivity index (χ4n) is 8.18. The van der Waals surface area contributed by atoms with Crippen LogP contribution in [0.3, 0.4) is 0 Å². The third-order valence-electron chi connectivity index (χ3n) is 12.0. The zero-order chi connectivity index (χ0) is 43.5. The van der Waals surface area contributed by atoms with E-state index in [0.717, 1.165) is 25.7 Å². The lowest BCUT2D eigenvalue weighted by Crippen LogP contribution is -2.46. The number of aromatic hydroxyl groups is 3. The third-order valence-corrected chi connectivity index (χ3v) is 12.0. The van der Waals surface area contributed by atoms with Gasteiger partial charge < -0.3 is 49.8 Å². The number of hydrogen-bond acceptors (Lipinski definition) is 14. The number of carbonyl (C=O) groups is 3. The minimum absolute atomic E-state index is 0.0625. The monoisotopic (exact) mass is 821 g/mol. The Morgan fingerprint density at radius 1 is 0.932 bits per heavy atom. The lowest BCUT2D eigenvalue weighted by atomic mass is 9.78. The summed E-state index contributed by atoms with van der Waals surface area (Å²) in [5.74, 6) is -8.26. The number of methoxy groups -OCH3 is 1. The summed E-state index contributed by atoms with van der Waals surface area (Å²) in [6, 6.07) is 0. The quantitative estimate of drug-likeness (QED) is 0.0909. The van der Waals surface area contributed by atoms with Gasteiger partial charge in [0.1, 0.15) is 23.4 Å². The first-order valence-corrected chi connectivity index (χ1v) is 20.2. The number of nitrogens with zero attached hydrogens (tertiary/aromatic N) is 2. The minimum atomic E-state index is -2.04. The molecule has 9 atom stereocenters. The molecule has 0 radical (unpaired) electrons. The zero-order valence-electron chi connectivity index (χ0n) is 35.3. The van der Waals surface area contributed by atoms with Crippen LogP contribution >= 0.6 is 0 Å². The van der Waals surface area contributed by atoms with Gasteiger partial charge in [0.2, 0.25) is 0 Å². The van der Waals surface area contributed by atoms with Crippen LogP contribution in [0.4, 0.5) is 5.69 Å². The molecule has 6 N–H and O–H groups in total. The number of allylic oxidation sites excluding steroid dienone is 2. The lowest BCUT2D eigenvalue weighted by Gasteiger charge is -2.38. The molecule has 0 saturated carbocycles. The maximum Gasteiger partial charge on any atom is 0.312 e. The predicted molar refractivity (Wildman–Crippen MR) is 221 cm³/mol. The van der Waals surface area contributed by atoms with E-state index in [-0.39, 0.29) is 44.5 Å². The highest BCUT2D eigenvalue weighted by Gasteiger charge is 2.50. The van der Waals surface area contributed by atoms with Gasteiger partial charge in [-0.05, 0) is 32.8 Å². The van der Waals surface area contributed by atoms with Gasteiger partial charge in [-0.15, -0.1) is 0 Å². The number of ether oxygens (including phenoxy) is 4. The molecule has 322 valence electrons. The Morgan fingerprint density at radius 3 is 2.22 bits per heavy atom. The Hall–Kier alpha value is -5.12. The molecule has 6 rings (SSSR count). The van der Waals surface area contributed by atoms with Crippen molar-refractivity contribution in [2.75, 3.05) is 25.5 Å². The van der Waals surface area contributed by atoms with Gasteiger partial charge in [0.05, 0.1) is 53.0 Å². The first kappa shape index (κ1) is 45.0. The minimum Gasteiger partial charge on any atom is -0.507 e. The maximum absolute atomic E-state index is 14.4. The lowest BCUT2D eigenvalue weighted by molar-refractivity contribution is -0.160. The molecule has 2 aromatic rings. The molecule has 4 heterocycles. The first-order chi connectivity index (χ1) is 27.8. The highest BCUT2D eigenvalue weighted by Crippen LogP contribution is 2.55. The Kier molecular flexibility index (Phi) is 14.0. The Balaban J connectivity index is 1.71. The highest BCUT2D eigenvalue weighted by atomic mass is 16.7. The van der Waals surface area contributed by atoms with Gasteiger partial charge in [-0.3, -0.25) is 19.4 Å². The van der Waals surface area contributed by atoms with Crippen molar-refractivity contribution in [3.8, 4) is 23.0 Å². The molecule has 2 aromatic carbocycles. The molecular formula is C44H59N3O12. The molecule has 0 aliphatic carbocycles. The van der Waals surface area contributed by atoms with E-state index in [1.54, 1.807) is 39.8 Å². The van der Waals surface area contributed by atoms with Crippen LogP contribution in [-0.2, 0) is 23.8 Å². The smallest absolute Gasteiger partial charge is 0.312 e. The number of hydrazone groups is 1. The van der Waals surface area contributed by atoms with E-state index in [2.05, 4.69) is 10.4 Å². The van der Waals surface area contributed by atoms with Crippen LogP contribution in [0.15, 0.2) is 41.2 Å². The molecule has 0 aromatic heterocycles. The van der Waals surface area contributed by atoms with E-state index >= 15 is 0 Å². The molecule has 59 heavy (non-hydrogen) atoms. The van der Waals surface area contributed by atoms with Gasteiger partial charge in [0.15, 0.2) is 5.75 Å². The number of aliphatic hydroxyl groups excluding tert-OH is 2. The second kappa shape index (κ2) is 18.4. The Morgan fingerprint density at radius 2 is 1.59 bits per heavy atom. The number of Topliss-reactive ketones (excluding diaryl/α,β-unsaturated/α-hetero) is 1. The van der Waals surface area contributed by atoms with Gasteiger partial charge in [-0.25, -0.2) is 0 Å². The van der Waals surface area contributed by atoms with E-state index < -0.39 is 88.8 Å². The number of nitrogens with one attached hydrogen (secondary N) is 1. The number of carbonyl (C=O) groups excluding carboxylic acids is 3. The van der Waals surface area contributed by atoms with Crippen molar-refractivity contribution >= 4 is 40.3 Å². The van der Waals surface area contributed by atoms with Gasteiger partial charge in [-0.2, -0.15) is 5.10 Å². The fourth-order valence-corrected chi connectivity index (χ4v) is 8.18.